The summed E-state index contributed by atoms with van der Waals surface area (Å²) in [6, 6.07) is 8.17. The number of hydrogen-bond acceptors (Lipinski definition) is 3. The summed E-state index contributed by atoms with van der Waals surface area (Å²) in [5.74, 6) is -0.133. The van der Waals surface area contributed by atoms with Crippen molar-refractivity contribution in [3.63, 3.8) is 0 Å². The molecule has 1 N–H and O–H groups in total. The number of anilines is 1. The monoisotopic (exact) mass is 375 g/mol. The van der Waals surface area contributed by atoms with E-state index in [4.69, 9.17) is 11.6 Å². The van der Waals surface area contributed by atoms with Crippen LogP contribution < -0.4 is 5.32 Å². The Morgan fingerprint density at radius 1 is 1.27 bits per heavy atom. The van der Waals surface area contributed by atoms with Crippen LogP contribution in [0.5, 0.6) is 0 Å². The SMILES string of the molecule is Cc1cc(C)n(CCC(=O)Nc2ccn(Cc3c(F)cccc3Cl)n2)n1. The third-order valence-corrected chi connectivity index (χ3v) is 4.30. The fourth-order valence-corrected chi connectivity index (χ4v) is 2.90. The topological polar surface area (TPSA) is 64.7 Å². The smallest absolute Gasteiger partial charge is 0.227 e. The van der Waals surface area contributed by atoms with Crippen LogP contribution >= 0.6 is 11.6 Å². The van der Waals surface area contributed by atoms with Gasteiger partial charge in [-0.15, -0.1) is 0 Å². The predicted molar refractivity (Wildman–Crippen MR) is 97.7 cm³/mol. The summed E-state index contributed by atoms with van der Waals surface area (Å²) in [5, 5.41) is 11.6. The van der Waals surface area contributed by atoms with Crippen molar-refractivity contribution in [2.75, 3.05) is 5.32 Å². The Hall–Kier alpha value is -2.67. The van der Waals surface area contributed by atoms with Crippen LogP contribution in [0.25, 0.3) is 0 Å². The molecule has 0 bridgehead atoms. The summed E-state index contributed by atoms with van der Waals surface area (Å²) in [6.07, 6.45) is 1.95. The van der Waals surface area contributed by atoms with E-state index in [-0.39, 0.29) is 24.7 Å². The zero-order valence-corrected chi connectivity index (χ0v) is 15.3. The zero-order chi connectivity index (χ0) is 18.7. The van der Waals surface area contributed by atoms with Gasteiger partial charge >= 0.3 is 0 Å². The molecule has 8 heteroatoms. The summed E-state index contributed by atoms with van der Waals surface area (Å²) in [5.41, 5.74) is 2.30. The molecule has 3 rings (SSSR count). The lowest BCUT2D eigenvalue weighted by Gasteiger charge is -2.06. The quantitative estimate of drug-likeness (QED) is 0.716. The molecule has 3 aromatic rings. The van der Waals surface area contributed by atoms with Gasteiger partial charge in [0.2, 0.25) is 5.91 Å². The van der Waals surface area contributed by atoms with Gasteiger partial charge < -0.3 is 5.32 Å². The first-order valence-electron chi connectivity index (χ1n) is 8.19. The number of nitrogens with one attached hydrogen (secondary N) is 1. The molecule has 0 unspecified atom stereocenters. The number of halogens is 2. The number of aromatic nitrogens is 4. The molecule has 2 aromatic heterocycles. The minimum Gasteiger partial charge on any atom is -0.309 e. The standard InChI is InChI=1S/C18H19ClFN5O/c1-12-10-13(2)25(22-12)9-7-18(26)21-17-6-8-24(23-17)11-14-15(19)4-3-5-16(14)20/h3-6,8,10H,7,9,11H2,1-2H3,(H,21,23,26). The Morgan fingerprint density at radius 2 is 2.08 bits per heavy atom. The van der Waals surface area contributed by atoms with E-state index in [1.165, 1.54) is 10.7 Å². The molecule has 136 valence electrons. The van der Waals surface area contributed by atoms with Crippen molar-refractivity contribution < 1.29 is 9.18 Å². The van der Waals surface area contributed by atoms with Gasteiger partial charge in [-0.3, -0.25) is 14.2 Å². The molecule has 2 heterocycles. The van der Waals surface area contributed by atoms with Gasteiger partial charge in [-0.25, -0.2) is 4.39 Å². The molecular formula is C18H19ClFN5O. The van der Waals surface area contributed by atoms with Crippen LogP contribution in [-0.2, 0) is 17.9 Å². The second-order valence-corrected chi connectivity index (χ2v) is 6.45. The van der Waals surface area contributed by atoms with Gasteiger partial charge in [-0.2, -0.15) is 10.2 Å². The molecule has 26 heavy (non-hydrogen) atoms. The molecule has 1 amide bonds. The molecule has 0 aliphatic heterocycles. The van der Waals surface area contributed by atoms with Gasteiger partial charge in [0.15, 0.2) is 5.82 Å². The number of rotatable bonds is 6. The largest absolute Gasteiger partial charge is 0.309 e. The summed E-state index contributed by atoms with van der Waals surface area (Å²) in [6.45, 7) is 4.55. The fourth-order valence-electron chi connectivity index (χ4n) is 2.68. The molecule has 0 spiro atoms. The summed E-state index contributed by atoms with van der Waals surface area (Å²) >= 11 is 6.03. The second kappa shape index (κ2) is 7.70. The van der Waals surface area contributed by atoms with Crippen molar-refractivity contribution in [3.05, 3.63) is 64.3 Å². The van der Waals surface area contributed by atoms with Crippen molar-refractivity contribution in [2.24, 2.45) is 0 Å². The zero-order valence-electron chi connectivity index (χ0n) is 14.5. The second-order valence-electron chi connectivity index (χ2n) is 6.05. The Labute approximate surface area is 155 Å². The molecule has 0 aliphatic rings. The maximum Gasteiger partial charge on any atom is 0.227 e. The molecule has 0 saturated carbocycles. The van der Waals surface area contributed by atoms with Crippen LogP contribution in [0.1, 0.15) is 23.4 Å². The maximum atomic E-state index is 13.8. The van der Waals surface area contributed by atoms with E-state index in [0.717, 1.165) is 11.4 Å². The van der Waals surface area contributed by atoms with Crippen molar-refractivity contribution in [1.82, 2.24) is 19.6 Å². The maximum absolute atomic E-state index is 13.8. The lowest BCUT2D eigenvalue weighted by Crippen LogP contribution is -2.16. The molecule has 0 aliphatic carbocycles. The van der Waals surface area contributed by atoms with E-state index in [9.17, 15) is 9.18 Å². The summed E-state index contributed by atoms with van der Waals surface area (Å²) in [7, 11) is 0. The Morgan fingerprint density at radius 3 is 2.77 bits per heavy atom. The summed E-state index contributed by atoms with van der Waals surface area (Å²) < 4.78 is 17.2. The predicted octanol–water partition coefficient (Wildman–Crippen LogP) is 3.57. The number of carbonyl (C=O) groups is 1. The van der Waals surface area contributed by atoms with Crippen LogP contribution in [0.4, 0.5) is 10.2 Å². The first-order chi connectivity index (χ1) is 12.4. The highest BCUT2D eigenvalue weighted by Gasteiger charge is 2.10. The van der Waals surface area contributed by atoms with Gasteiger partial charge in [0.1, 0.15) is 5.82 Å². The van der Waals surface area contributed by atoms with Crippen LogP contribution in [0.3, 0.4) is 0 Å². The Kier molecular flexibility index (Phi) is 5.37. The number of benzene rings is 1. The number of nitrogens with zero attached hydrogens (tertiary/aromatic N) is 4. The van der Waals surface area contributed by atoms with Gasteiger partial charge in [0.05, 0.1) is 12.2 Å². The first-order valence-corrected chi connectivity index (χ1v) is 8.57. The minimum atomic E-state index is -0.386. The molecule has 6 nitrogen and oxygen atoms in total. The molecule has 0 saturated heterocycles. The van der Waals surface area contributed by atoms with E-state index in [1.54, 1.807) is 29.1 Å². The van der Waals surface area contributed by atoms with Gasteiger partial charge in [0.25, 0.3) is 0 Å². The van der Waals surface area contributed by atoms with Gasteiger partial charge in [-0.1, -0.05) is 17.7 Å². The van der Waals surface area contributed by atoms with Crippen LogP contribution in [-0.4, -0.2) is 25.5 Å². The number of carbonyl (C=O) groups excluding carboxylic acids is 1. The number of amides is 1. The van der Waals surface area contributed by atoms with E-state index >= 15 is 0 Å². The third-order valence-electron chi connectivity index (χ3n) is 3.94. The highest BCUT2D eigenvalue weighted by Crippen LogP contribution is 2.20. The number of hydrogen-bond donors (Lipinski definition) is 1. The van der Waals surface area contributed by atoms with E-state index in [1.807, 2.05) is 19.9 Å². The normalized spacial score (nSPS) is 10.9. The Balaban J connectivity index is 1.58. The van der Waals surface area contributed by atoms with E-state index in [0.29, 0.717) is 22.9 Å². The average Bonchev–Trinajstić information content (AvgIpc) is 3.15. The first kappa shape index (κ1) is 18.1. The number of aryl methyl sites for hydroxylation is 3. The van der Waals surface area contributed by atoms with Crippen LogP contribution in [0.15, 0.2) is 36.5 Å². The van der Waals surface area contributed by atoms with E-state index in [2.05, 4.69) is 15.5 Å². The highest BCUT2D eigenvalue weighted by atomic mass is 35.5. The molecule has 0 fully saturated rings. The molecule has 1 aromatic carbocycles. The van der Waals surface area contributed by atoms with Crippen molar-refractivity contribution in [2.45, 2.75) is 33.4 Å². The third kappa shape index (κ3) is 4.29. The highest BCUT2D eigenvalue weighted by molar-refractivity contribution is 6.31. The van der Waals surface area contributed by atoms with Crippen LogP contribution in [0.2, 0.25) is 5.02 Å². The van der Waals surface area contributed by atoms with Crippen molar-refractivity contribution in [1.29, 1.82) is 0 Å². The van der Waals surface area contributed by atoms with Gasteiger partial charge in [-0.05, 0) is 32.0 Å². The van der Waals surface area contributed by atoms with Gasteiger partial charge in [0, 0.05) is 41.5 Å². The lowest BCUT2D eigenvalue weighted by molar-refractivity contribution is -0.116. The summed E-state index contributed by atoms with van der Waals surface area (Å²) in [4.78, 5) is 12.1. The minimum absolute atomic E-state index is 0.160. The van der Waals surface area contributed by atoms with Crippen molar-refractivity contribution in [3.8, 4) is 0 Å². The van der Waals surface area contributed by atoms with Crippen molar-refractivity contribution >= 4 is 23.3 Å². The molecule has 0 atom stereocenters. The molecular weight excluding hydrogens is 357 g/mol. The molecule has 0 radical (unpaired) electrons. The lowest BCUT2D eigenvalue weighted by atomic mass is 10.2. The van der Waals surface area contributed by atoms with E-state index < -0.39 is 0 Å². The Bertz CT molecular complexity index is 913. The average molecular weight is 376 g/mol. The fraction of sp³-hybridized carbons (Fsp3) is 0.278. The van der Waals surface area contributed by atoms with Crippen LogP contribution in [0, 0.1) is 19.7 Å².